The number of nitrogens with one attached hydrogen (secondary N) is 2. The number of nitrogens with zero attached hydrogens (tertiary/aromatic N) is 3. The number of benzene rings is 1. The van der Waals surface area contributed by atoms with Crippen molar-refractivity contribution in [1.82, 2.24) is 15.5 Å². The van der Waals surface area contributed by atoms with Crippen molar-refractivity contribution >= 4 is 17.6 Å². The molecule has 0 fully saturated rings. The minimum absolute atomic E-state index is 0.0401. The van der Waals surface area contributed by atoms with Crippen molar-refractivity contribution < 1.29 is 23.4 Å². The summed E-state index contributed by atoms with van der Waals surface area (Å²) in [5.41, 5.74) is 0.00804. The van der Waals surface area contributed by atoms with Crippen LogP contribution in [0, 0.1) is 21.8 Å². The van der Waals surface area contributed by atoms with E-state index in [9.17, 15) is 24.1 Å². The number of urea groups is 1. The molecule has 1 unspecified atom stereocenters. The Morgan fingerprint density at radius 3 is 2.59 bits per heavy atom. The van der Waals surface area contributed by atoms with E-state index in [-0.39, 0.29) is 36.7 Å². The van der Waals surface area contributed by atoms with Crippen LogP contribution < -0.4 is 5.32 Å². The maximum absolute atomic E-state index is 14.1. The number of amides is 3. The largest absolute Gasteiger partial charge is 0.429 e. The zero-order chi connectivity index (χ0) is 23.5. The van der Waals surface area contributed by atoms with E-state index in [2.05, 4.69) is 15.5 Å². The van der Waals surface area contributed by atoms with Crippen LogP contribution in [0.2, 0.25) is 0 Å². The van der Waals surface area contributed by atoms with Gasteiger partial charge >= 0.3 is 17.6 Å². The second kappa shape index (κ2) is 9.39. The minimum Gasteiger partial charge on any atom is -0.282 e. The zero-order valence-electron chi connectivity index (χ0n) is 18.4. The van der Waals surface area contributed by atoms with Crippen LogP contribution in [0.3, 0.4) is 0 Å². The molecule has 170 valence electrons. The van der Waals surface area contributed by atoms with Gasteiger partial charge < -0.3 is 0 Å². The number of rotatable bonds is 9. The first kappa shape index (κ1) is 23.3. The Morgan fingerprint density at radius 1 is 1.25 bits per heavy atom. The number of H-pyrrole nitrogens is 1. The predicted octanol–water partition coefficient (Wildman–Crippen LogP) is 3.61. The number of halogens is 1. The van der Waals surface area contributed by atoms with Crippen molar-refractivity contribution in [2.75, 3.05) is 13.1 Å². The molecular formula is C22H27FN5O4+. The van der Waals surface area contributed by atoms with Gasteiger partial charge in [-0.3, -0.25) is 20.5 Å². The lowest BCUT2D eigenvalue weighted by atomic mass is 10.0. The van der Waals surface area contributed by atoms with Crippen molar-refractivity contribution in [2.24, 2.45) is 5.92 Å². The number of quaternary nitrogens is 1. The molecule has 0 aliphatic carbocycles. The third-order valence-corrected chi connectivity index (χ3v) is 5.51. The van der Waals surface area contributed by atoms with E-state index in [0.717, 1.165) is 6.42 Å². The molecule has 0 saturated carbocycles. The molecule has 1 atom stereocenters. The van der Waals surface area contributed by atoms with Crippen LogP contribution >= 0.6 is 0 Å². The monoisotopic (exact) mass is 444 g/mol. The summed E-state index contributed by atoms with van der Waals surface area (Å²) >= 11 is 0. The number of aromatic nitrogens is 2. The second-order valence-electron chi connectivity index (χ2n) is 8.37. The van der Waals surface area contributed by atoms with Crippen molar-refractivity contribution in [3.8, 4) is 0 Å². The molecule has 2 aromatic rings. The Morgan fingerprint density at radius 2 is 1.97 bits per heavy atom. The molecule has 0 saturated heterocycles. The molecule has 3 amide bonds. The summed E-state index contributed by atoms with van der Waals surface area (Å²) in [6.07, 6.45) is 2.66. The number of carbonyl (C=O) groups is 2. The molecule has 10 heteroatoms. The number of hydrogen-bond donors (Lipinski definition) is 2. The first-order chi connectivity index (χ1) is 15.2. The van der Waals surface area contributed by atoms with Gasteiger partial charge in [-0.15, -0.1) is 0 Å². The van der Waals surface area contributed by atoms with Crippen molar-refractivity contribution in [2.45, 2.75) is 40.0 Å². The molecule has 9 nitrogen and oxygen atoms in total. The highest BCUT2D eigenvalue weighted by Crippen LogP contribution is 2.31. The highest BCUT2D eigenvalue weighted by molar-refractivity contribution is 6.06. The summed E-state index contributed by atoms with van der Waals surface area (Å²) in [4.78, 5) is 38.0. The Hall–Kier alpha value is -3.40. The van der Waals surface area contributed by atoms with Gasteiger partial charge in [0, 0.05) is 23.6 Å². The quantitative estimate of drug-likeness (QED) is 0.348. The lowest BCUT2D eigenvalue weighted by Crippen LogP contribution is -2.66. The lowest BCUT2D eigenvalue weighted by molar-refractivity contribution is -0.780. The Balaban J connectivity index is 2.11. The molecule has 0 bridgehead atoms. The van der Waals surface area contributed by atoms with Gasteiger partial charge in [0.1, 0.15) is 11.5 Å². The fourth-order valence-electron chi connectivity index (χ4n) is 4.05. The summed E-state index contributed by atoms with van der Waals surface area (Å²) in [5, 5.41) is 21.3. The molecule has 1 aliphatic rings. The van der Waals surface area contributed by atoms with Crippen molar-refractivity contribution in [1.29, 1.82) is 0 Å². The Labute approximate surface area is 185 Å². The van der Waals surface area contributed by atoms with E-state index < -0.39 is 32.9 Å². The van der Waals surface area contributed by atoms with Crippen LogP contribution in [-0.2, 0) is 11.2 Å². The van der Waals surface area contributed by atoms with Gasteiger partial charge in [0.25, 0.3) is 0 Å². The normalized spacial score (nSPS) is 18.9. The minimum atomic E-state index is -0.839. The number of hydrogen-bond acceptors (Lipinski definition) is 5. The fourth-order valence-corrected chi connectivity index (χ4v) is 4.05. The van der Waals surface area contributed by atoms with Crippen LogP contribution in [0.4, 0.5) is 9.18 Å². The van der Waals surface area contributed by atoms with E-state index >= 15 is 0 Å². The van der Waals surface area contributed by atoms with E-state index in [1.54, 1.807) is 18.2 Å². The number of unbranched alkanes of at least 4 members (excludes halogenated alkanes) is 1. The summed E-state index contributed by atoms with van der Waals surface area (Å²) in [6.45, 7) is 5.98. The van der Waals surface area contributed by atoms with Crippen LogP contribution in [0.25, 0.3) is 5.70 Å². The average molecular weight is 444 g/mol. The summed E-state index contributed by atoms with van der Waals surface area (Å²) in [6, 6.07) is 5.53. The third kappa shape index (κ3) is 4.31. The number of nitro groups is 1. The molecule has 1 aliphatic heterocycles. The van der Waals surface area contributed by atoms with E-state index in [1.165, 1.54) is 12.3 Å². The Bertz CT molecular complexity index is 1080. The molecule has 0 radical (unpaired) electrons. The topological polar surface area (TPSA) is 118 Å². The molecule has 2 N–H and O–H groups in total. The molecule has 2 heterocycles. The van der Waals surface area contributed by atoms with E-state index in [0.29, 0.717) is 17.7 Å². The smallest absolute Gasteiger partial charge is 0.282 e. The van der Waals surface area contributed by atoms with Gasteiger partial charge in [0.05, 0.1) is 24.2 Å². The van der Waals surface area contributed by atoms with Gasteiger partial charge in [-0.2, -0.15) is 9.58 Å². The van der Waals surface area contributed by atoms with Crippen molar-refractivity contribution in [3.05, 3.63) is 68.9 Å². The standard InChI is InChI=1S/C22H26FN5O4/c1-4-5-10-28(13-14(2)3)21(29)20(27(31)32)19(25-22(28)30)16-12-24-26-18(16)11-15-8-6-7-9-17(15)23/h6-9,12,14H,4-5,10-11,13H2,1-3H3,(H-,24,25,26,29,30)/p+1. The summed E-state index contributed by atoms with van der Waals surface area (Å²) in [5.74, 6) is -1.32. The summed E-state index contributed by atoms with van der Waals surface area (Å²) < 4.78 is 13.5. The maximum atomic E-state index is 14.1. The van der Waals surface area contributed by atoms with Gasteiger partial charge in [-0.05, 0) is 18.1 Å². The van der Waals surface area contributed by atoms with Crippen LogP contribution in [0.15, 0.2) is 36.2 Å². The van der Waals surface area contributed by atoms with E-state index in [1.807, 2.05) is 20.8 Å². The second-order valence-corrected chi connectivity index (χ2v) is 8.37. The fraction of sp³-hybridized carbons (Fsp3) is 0.409. The lowest BCUT2D eigenvalue weighted by Gasteiger charge is -2.36. The number of imide groups is 1. The van der Waals surface area contributed by atoms with Gasteiger partial charge in [0.15, 0.2) is 0 Å². The van der Waals surface area contributed by atoms with Gasteiger partial charge in [-0.25, -0.2) is 14.0 Å². The van der Waals surface area contributed by atoms with Crippen LogP contribution in [0.1, 0.15) is 50.4 Å². The van der Waals surface area contributed by atoms with E-state index in [4.69, 9.17) is 0 Å². The molecule has 1 aromatic heterocycles. The third-order valence-electron chi connectivity index (χ3n) is 5.51. The van der Waals surface area contributed by atoms with Crippen LogP contribution in [0.5, 0.6) is 0 Å². The highest BCUT2D eigenvalue weighted by Gasteiger charge is 2.56. The molecule has 1 aromatic carbocycles. The van der Waals surface area contributed by atoms with Gasteiger partial charge in [0.2, 0.25) is 0 Å². The molecule has 3 rings (SSSR count). The first-order valence-corrected chi connectivity index (χ1v) is 10.6. The maximum Gasteiger partial charge on any atom is 0.429 e. The molecule has 0 spiro atoms. The number of carbonyl (C=O) groups excluding carboxylic acids is 2. The van der Waals surface area contributed by atoms with Crippen LogP contribution in [-0.4, -0.2) is 44.6 Å². The molecular weight excluding hydrogens is 417 g/mol. The van der Waals surface area contributed by atoms with Gasteiger partial charge in [-0.1, -0.05) is 45.4 Å². The Kier molecular flexibility index (Phi) is 6.83. The molecule has 32 heavy (non-hydrogen) atoms. The first-order valence-electron chi connectivity index (χ1n) is 10.6. The predicted molar refractivity (Wildman–Crippen MR) is 115 cm³/mol. The SMILES string of the molecule is CCCC[N+]1(CC(C)C)C(=O)NC(c2cn[nH]c2Cc2ccccc2F)=C([N+](=O)[O-])C1=O. The highest BCUT2D eigenvalue weighted by atomic mass is 19.1. The van der Waals surface area contributed by atoms with Crippen molar-refractivity contribution in [3.63, 3.8) is 0 Å². The summed E-state index contributed by atoms with van der Waals surface area (Å²) in [7, 11) is 0. The number of aromatic amines is 1. The average Bonchev–Trinajstić information content (AvgIpc) is 3.18. The zero-order valence-corrected chi connectivity index (χ0v) is 18.4.